The minimum Gasteiger partial charge on any atom is -0.321 e. The quantitative estimate of drug-likeness (QED) is 0.648. The van der Waals surface area contributed by atoms with E-state index in [0.29, 0.717) is 0 Å². The Morgan fingerprint density at radius 1 is 1.05 bits per heavy atom. The Kier molecular flexibility index (Phi) is 2.64. The topological polar surface area (TPSA) is 32.9 Å². The maximum atomic E-state index is 12.4. The lowest BCUT2D eigenvalue weighted by Crippen LogP contribution is -2.18. The first-order valence-electron chi connectivity index (χ1n) is 7.11. The molecular weight excluding hydrogens is 326 g/mol. The van der Waals surface area contributed by atoms with E-state index in [-0.39, 0.29) is 9.88 Å². The van der Waals surface area contributed by atoms with Crippen LogP contribution in [0.3, 0.4) is 0 Å². The largest absolute Gasteiger partial charge is 0.321 e. The molecule has 3 aromatic rings. The van der Waals surface area contributed by atoms with Crippen molar-refractivity contribution in [1.82, 2.24) is 4.98 Å². The zero-order valence-corrected chi connectivity index (χ0v) is 13.2. The molecule has 1 aliphatic carbocycles. The molecule has 4 rings (SSSR count). The summed E-state index contributed by atoms with van der Waals surface area (Å²) in [6.07, 6.45) is 0.924. The number of nitrogens with one attached hydrogen (secondary N) is 1. The lowest BCUT2D eigenvalue weighted by molar-refractivity contribution is 0.749. The highest BCUT2D eigenvalue weighted by Gasteiger charge is 2.41. The van der Waals surface area contributed by atoms with Crippen LogP contribution in [0.5, 0.6) is 0 Å². The van der Waals surface area contributed by atoms with Crippen LogP contribution < -0.4 is 5.56 Å². The smallest absolute Gasteiger partial charge is 0.256 e. The molecule has 0 amide bonds. The molecule has 0 saturated carbocycles. The molecule has 0 spiro atoms. The van der Waals surface area contributed by atoms with Gasteiger partial charge in [-0.3, -0.25) is 4.79 Å². The van der Waals surface area contributed by atoms with Crippen LogP contribution in [0, 0.1) is 0 Å². The Balaban J connectivity index is 2.25. The van der Waals surface area contributed by atoms with Crippen molar-refractivity contribution in [3.05, 3.63) is 70.0 Å². The Morgan fingerprint density at radius 2 is 1.71 bits per heavy atom. The van der Waals surface area contributed by atoms with Gasteiger partial charge in [-0.15, -0.1) is 0 Å². The van der Waals surface area contributed by atoms with Crippen LogP contribution in [0.4, 0.5) is 0 Å². The number of pyridine rings is 1. The van der Waals surface area contributed by atoms with Gasteiger partial charge >= 0.3 is 0 Å². The monoisotopic (exact) mass is 339 g/mol. The van der Waals surface area contributed by atoms with Crippen LogP contribution in [0.1, 0.15) is 24.5 Å². The SMILES string of the molecule is CCC1(Br)c2ccccc2-c2[nH]c(=O)c3ccccc3c21. The molecule has 21 heavy (non-hydrogen) atoms. The summed E-state index contributed by atoms with van der Waals surface area (Å²) in [6, 6.07) is 16.1. The van der Waals surface area contributed by atoms with E-state index in [1.54, 1.807) is 0 Å². The number of aromatic nitrogens is 1. The molecule has 1 unspecified atom stereocenters. The number of halogens is 1. The maximum Gasteiger partial charge on any atom is 0.256 e. The van der Waals surface area contributed by atoms with Crippen LogP contribution in [-0.2, 0) is 4.32 Å². The average Bonchev–Trinajstić information content (AvgIpc) is 2.78. The summed E-state index contributed by atoms with van der Waals surface area (Å²) in [5.74, 6) is 0. The van der Waals surface area contributed by atoms with Gasteiger partial charge in [0.25, 0.3) is 5.56 Å². The summed E-state index contributed by atoms with van der Waals surface area (Å²) in [6.45, 7) is 2.17. The highest BCUT2D eigenvalue weighted by atomic mass is 79.9. The number of hydrogen-bond donors (Lipinski definition) is 1. The van der Waals surface area contributed by atoms with Crippen molar-refractivity contribution in [2.75, 3.05) is 0 Å². The van der Waals surface area contributed by atoms with E-state index in [9.17, 15) is 4.79 Å². The number of hydrogen-bond acceptors (Lipinski definition) is 1. The summed E-state index contributed by atoms with van der Waals surface area (Å²) in [7, 11) is 0. The number of fused-ring (bicyclic) bond motifs is 5. The van der Waals surface area contributed by atoms with Crippen molar-refractivity contribution in [2.45, 2.75) is 17.7 Å². The molecule has 1 aromatic heterocycles. The maximum absolute atomic E-state index is 12.4. The zero-order valence-electron chi connectivity index (χ0n) is 11.6. The number of aromatic amines is 1. The van der Waals surface area contributed by atoms with Gasteiger partial charge in [-0.1, -0.05) is 65.3 Å². The normalized spacial score (nSPS) is 19.5. The lowest BCUT2D eigenvalue weighted by atomic mass is 9.91. The first-order chi connectivity index (χ1) is 10.2. The van der Waals surface area contributed by atoms with Gasteiger partial charge in [0.05, 0.1) is 10.0 Å². The number of benzene rings is 2. The minimum absolute atomic E-state index is 0.0213. The third-order valence-electron chi connectivity index (χ3n) is 4.44. The van der Waals surface area contributed by atoms with E-state index in [2.05, 4.69) is 46.0 Å². The molecular formula is C18H14BrNO. The average molecular weight is 340 g/mol. The van der Waals surface area contributed by atoms with Crippen molar-refractivity contribution in [1.29, 1.82) is 0 Å². The second kappa shape index (κ2) is 4.31. The Labute approximate surface area is 131 Å². The van der Waals surface area contributed by atoms with E-state index >= 15 is 0 Å². The summed E-state index contributed by atoms with van der Waals surface area (Å²) in [5.41, 5.74) is 4.46. The van der Waals surface area contributed by atoms with E-state index in [4.69, 9.17) is 0 Å². The zero-order chi connectivity index (χ0) is 14.6. The van der Waals surface area contributed by atoms with Crippen LogP contribution in [0.15, 0.2) is 53.3 Å². The van der Waals surface area contributed by atoms with Gasteiger partial charge in [0.1, 0.15) is 0 Å². The highest BCUT2D eigenvalue weighted by molar-refractivity contribution is 9.09. The van der Waals surface area contributed by atoms with Crippen LogP contribution in [0.2, 0.25) is 0 Å². The van der Waals surface area contributed by atoms with Gasteiger partial charge in [-0.25, -0.2) is 0 Å². The molecule has 0 bridgehead atoms. The molecule has 2 nitrogen and oxygen atoms in total. The molecule has 0 saturated heterocycles. The van der Waals surface area contributed by atoms with Gasteiger partial charge in [-0.2, -0.15) is 0 Å². The van der Waals surface area contributed by atoms with Crippen LogP contribution in [-0.4, -0.2) is 4.98 Å². The molecule has 3 heteroatoms. The molecule has 1 N–H and O–H groups in total. The molecule has 0 radical (unpaired) electrons. The fourth-order valence-corrected chi connectivity index (χ4v) is 4.20. The predicted octanol–water partition coefficient (Wildman–Crippen LogP) is 4.56. The van der Waals surface area contributed by atoms with Gasteiger partial charge in [0, 0.05) is 16.5 Å². The summed E-state index contributed by atoms with van der Waals surface area (Å²) < 4.78 is -0.233. The van der Waals surface area contributed by atoms with Crippen molar-refractivity contribution in [2.24, 2.45) is 0 Å². The van der Waals surface area contributed by atoms with E-state index in [1.807, 2.05) is 30.3 Å². The fourth-order valence-electron chi connectivity index (χ4n) is 3.44. The van der Waals surface area contributed by atoms with E-state index < -0.39 is 0 Å². The van der Waals surface area contributed by atoms with Crippen molar-refractivity contribution in [3.8, 4) is 11.3 Å². The lowest BCUT2D eigenvalue weighted by Gasteiger charge is -2.24. The highest BCUT2D eigenvalue weighted by Crippen LogP contribution is 2.55. The van der Waals surface area contributed by atoms with Crippen molar-refractivity contribution < 1.29 is 0 Å². The standard InChI is InChI=1S/C18H14BrNO/c1-2-18(19)14-10-6-5-9-13(14)16-15(18)11-7-3-4-8-12(11)17(21)20-16/h3-10H,2H2,1H3,(H,20,21). The summed E-state index contributed by atoms with van der Waals surface area (Å²) in [5, 5.41) is 1.78. The fraction of sp³-hybridized carbons (Fsp3) is 0.167. The van der Waals surface area contributed by atoms with E-state index in [0.717, 1.165) is 28.5 Å². The van der Waals surface area contributed by atoms with Gasteiger partial charge in [0.2, 0.25) is 0 Å². The molecule has 104 valence electrons. The minimum atomic E-state index is -0.233. The Bertz CT molecular complexity index is 928. The predicted molar refractivity (Wildman–Crippen MR) is 90.0 cm³/mol. The molecule has 0 fully saturated rings. The molecule has 1 aliphatic rings. The van der Waals surface area contributed by atoms with Crippen molar-refractivity contribution >= 4 is 26.7 Å². The number of alkyl halides is 1. The van der Waals surface area contributed by atoms with Gasteiger partial charge in [-0.05, 0) is 23.4 Å². The molecule has 1 heterocycles. The van der Waals surface area contributed by atoms with Crippen LogP contribution >= 0.6 is 15.9 Å². The van der Waals surface area contributed by atoms with Gasteiger partial charge in [0.15, 0.2) is 0 Å². The first-order valence-corrected chi connectivity index (χ1v) is 7.90. The molecule has 1 atom stereocenters. The van der Waals surface area contributed by atoms with Crippen LogP contribution in [0.25, 0.3) is 22.0 Å². The Morgan fingerprint density at radius 3 is 2.48 bits per heavy atom. The summed E-state index contributed by atoms with van der Waals surface area (Å²) in [4.78, 5) is 15.5. The number of H-pyrrole nitrogens is 1. The summed E-state index contributed by atoms with van der Waals surface area (Å²) >= 11 is 3.97. The molecule has 0 aliphatic heterocycles. The van der Waals surface area contributed by atoms with E-state index in [1.165, 1.54) is 11.1 Å². The Hall–Kier alpha value is -1.87. The number of rotatable bonds is 1. The third kappa shape index (κ3) is 1.55. The first kappa shape index (κ1) is 12.8. The third-order valence-corrected chi connectivity index (χ3v) is 5.82. The second-order valence-corrected chi connectivity index (χ2v) is 6.80. The second-order valence-electron chi connectivity index (χ2n) is 5.45. The molecule has 2 aromatic carbocycles. The van der Waals surface area contributed by atoms with Gasteiger partial charge < -0.3 is 4.98 Å². The van der Waals surface area contributed by atoms with Crippen molar-refractivity contribution in [3.63, 3.8) is 0 Å².